The second-order valence-electron chi connectivity index (χ2n) is 11.1. The van der Waals surface area contributed by atoms with Gasteiger partial charge in [0.1, 0.15) is 17.9 Å². The minimum Gasteiger partial charge on any atom is -0.497 e. The second-order valence-corrected chi connectivity index (χ2v) is 11.1. The summed E-state index contributed by atoms with van der Waals surface area (Å²) in [5, 5.41) is 35.3. The third kappa shape index (κ3) is 3.48. The van der Waals surface area contributed by atoms with Crippen molar-refractivity contribution >= 4 is 22.7 Å². The van der Waals surface area contributed by atoms with Crippen LogP contribution in [0.3, 0.4) is 0 Å². The highest BCUT2D eigenvalue weighted by Crippen LogP contribution is 2.53. The van der Waals surface area contributed by atoms with Crippen LogP contribution in [-0.2, 0) is 16.1 Å². The van der Waals surface area contributed by atoms with E-state index < -0.39 is 41.3 Å². The molecular weight excluding hydrogens is 462 g/mol. The molecule has 1 aromatic heterocycles. The molecule has 2 saturated heterocycles. The molecule has 0 bridgehead atoms. The van der Waals surface area contributed by atoms with Crippen LogP contribution in [0.2, 0.25) is 0 Å². The number of nitrogens with zero attached hydrogens (tertiary/aromatic N) is 3. The van der Waals surface area contributed by atoms with E-state index in [9.17, 15) is 24.9 Å². The van der Waals surface area contributed by atoms with Crippen LogP contribution in [0.4, 0.5) is 0 Å². The van der Waals surface area contributed by atoms with E-state index in [-0.39, 0.29) is 6.42 Å². The number of aliphatic hydroxyl groups is 3. The molecule has 2 fully saturated rings. The zero-order chi connectivity index (χ0) is 26.2. The van der Waals surface area contributed by atoms with E-state index in [1.54, 1.807) is 27.0 Å². The van der Waals surface area contributed by atoms with Crippen LogP contribution in [-0.4, -0.2) is 72.5 Å². The largest absolute Gasteiger partial charge is 0.497 e. The molecule has 4 heterocycles. The maximum Gasteiger partial charge on any atom is 0.279 e. The first-order valence-electron chi connectivity index (χ1n) is 12.5. The van der Waals surface area contributed by atoms with Crippen LogP contribution in [0, 0.1) is 0 Å². The number of benzene rings is 1. The second kappa shape index (κ2) is 8.33. The molecule has 0 saturated carbocycles. The van der Waals surface area contributed by atoms with Gasteiger partial charge in [-0.2, -0.15) is 0 Å². The summed E-state index contributed by atoms with van der Waals surface area (Å²) in [6.07, 6.45) is 1.61. The van der Waals surface area contributed by atoms with Crippen molar-refractivity contribution in [3.05, 3.63) is 41.1 Å². The van der Waals surface area contributed by atoms with Gasteiger partial charge in [0.2, 0.25) is 5.91 Å². The Balaban J connectivity index is 1.84. The molecule has 0 aliphatic carbocycles. The van der Waals surface area contributed by atoms with Gasteiger partial charge in [-0.1, -0.05) is 11.6 Å². The van der Waals surface area contributed by atoms with Gasteiger partial charge in [-0.05, 0) is 52.7 Å². The first-order valence-corrected chi connectivity index (χ1v) is 12.5. The van der Waals surface area contributed by atoms with E-state index in [0.29, 0.717) is 48.3 Å². The molecule has 2 amide bonds. The van der Waals surface area contributed by atoms with Gasteiger partial charge in [-0.25, -0.2) is 0 Å². The molecule has 5 rings (SSSR count). The lowest BCUT2D eigenvalue weighted by Gasteiger charge is -2.55. The third-order valence-corrected chi connectivity index (χ3v) is 7.73. The Hall–Kier alpha value is -2.88. The number of carbonyl (C=O) groups excluding carboxylic acids is 2. The number of ether oxygens (including phenoxy) is 1. The predicted octanol–water partition coefficient (Wildman–Crippen LogP) is 2.39. The first kappa shape index (κ1) is 24.8. The lowest BCUT2D eigenvalue weighted by molar-refractivity contribution is -0.235. The SMILES string of the molecule is COc1ccc2c3c(n(CC=C(C)C)c2c1)[C@H](CC(C)(C)O)N1C(=O)[C@@H]2CCCN2C(=O)[C@]1(O)[C@H]3O. The molecule has 3 N–H and O–H groups in total. The fourth-order valence-corrected chi connectivity index (χ4v) is 6.15. The Bertz CT molecular complexity index is 1270. The van der Waals surface area contributed by atoms with Gasteiger partial charge in [0.05, 0.1) is 24.3 Å². The van der Waals surface area contributed by atoms with Gasteiger partial charge in [-0.3, -0.25) is 14.5 Å². The average molecular weight is 498 g/mol. The lowest BCUT2D eigenvalue weighted by atomic mass is 9.80. The normalized spacial score (nSPS) is 27.7. The van der Waals surface area contributed by atoms with Crippen molar-refractivity contribution in [2.24, 2.45) is 0 Å². The van der Waals surface area contributed by atoms with Crippen molar-refractivity contribution in [2.75, 3.05) is 13.7 Å². The summed E-state index contributed by atoms with van der Waals surface area (Å²) >= 11 is 0. The van der Waals surface area contributed by atoms with Gasteiger partial charge >= 0.3 is 0 Å². The maximum atomic E-state index is 13.9. The standard InChI is InChI=1S/C27H35N3O6/c1-15(2)10-12-28-19-13-16(36-5)8-9-17(19)21-22(28)20(14-26(3,4)34)30-24(32)18-7-6-11-29(18)25(33)27(30,35)23(21)31/h8-10,13,18,20,23,31,34-35H,6-7,11-12,14H2,1-5H3/t18-,20-,23-,27+/m0/s1. The van der Waals surface area contributed by atoms with Crippen LogP contribution >= 0.6 is 0 Å². The fraction of sp³-hybridized carbons (Fsp3) is 0.556. The molecule has 2 aromatic rings. The molecule has 194 valence electrons. The van der Waals surface area contributed by atoms with Crippen LogP contribution in [0.5, 0.6) is 5.75 Å². The number of aliphatic hydroxyl groups excluding tert-OH is 1. The van der Waals surface area contributed by atoms with Crippen molar-refractivity contribution in [3.8, 4) is 5.75 Å². The van der Waals surface area contributed by atoms with Gasteiger partial charge in [-0.15, -0.1) is 0 Å². The Kier molecular flexibility index (Phi) is 5.74. The van der Waals surface area contributed by atoms with Crippen LogP contribution < -0.4 is 4.74 Å². The molecule has 3 aliphatic rings. The molecular formula is C27H35N3O6. The quantitative estimate of drug-likeness (QED) is 0.547. The number of piperazine rings is 1. The Labute approximate surface area is 210 Å². The highest BCUT2D eigenvalue weighted by atomic mass is 16.5. The lowest BCUT2D eigenvalue weighted by Crippen LogP contribution is -2.74. The van der Waals surface area contributed by atoms with E-state index in [1.165, 1.54) is 9.80 Å². The zero-order valence-corrected chi connectivity index (χ0v) is 21.5. The Morgan fingerprint density at radius 3 is 2.64 bits per heavy atom. The summed E-state index contributed by atoms with van der Waals surface area (Å²) in [5.41, 5.74) is -0.830. The number of aromatic nitrogens is 1. The van der Waals surface area contributed by atoms with Crippen LogP contribution in [0.1, 0.15) is 70.4 Å². The Morgan fingerprint density at radius 2 is 2.00 bits per heavy atom. The average Bonchev–Trinajstić information content (AvgIpc) is 3.41. The van der Waals surface area contributed by atoms with Gasteiger partial charge in [0.25, 0.3) is 11.6 Å². The zero-order valence-electron chi connectivity index (χ0n) is 21.5. The summed E-state index contributed by atoms with van der Waals surface area (Å²) < 4.78 is 7.46. The van der Waals surface area contributed by atoms with E-state index in [4.69, 9.17) is 4.74 Å². The molecule has 3 aliphatic heterocycles. The number of carbonyl (C=O) groups is 2. The molecule has 9 nitrogen and oxygen atoms in total. The number of rotatable bonds is 5. The van der Waals surface area contributed by atoms with Crippen molar-refractivity contribution in [1.29, 1.82) is 0 Å². The van der Waals surface area contributed by atoms with Crippen molar-refractivity contribution in [3.63, 3.8) is 0 Å². The first-order chi connectivity index (χ1) is 16.9. The van der Waals surface area contributed by atoms with Crippen LogP contribution in [0.25, 0.3) is 10.9 Å². The highest BCUT2D eigenvalue weighted by molar-refractivity contribution is 6.01. The van der Waals surface area contributed by atoms with Gasteiger partial charge < -0.3 is 29.5 Å². The van der Waals surface area contributed by atoms with Crippen molar-refractivity contribution < 1.29 is 29.6 Å². The molecule has 0 radical (unpaired) electrons. The third-order valence-electron chi connectivity index (χ3n) is 7.73. The van der Waals surface area contributed by atoms with E-state index in [0.717, 1.165) is 11.1 Å². The van der Waals surface area contributed by atoms with Gasteiger partial charge in [0.15, 0.2) is 0 Å². The molecule has 0 unspecified atom stereocenters. The molecule has 1 aromatic carbocycles. The van der Waals surface area contributed by atoms with E-state index >= 15 is 0 Å². The molecule has 9 heteroatoms. The predicted molar refractivity (Wildman–Crippen MR) is 133 cm³/mol. The number of allylic oxidation sites excluding steroid dienone is 2. The number of hydrogen-bond donors (Lipinski definition) is 3. The Morgan fingerprint density at radius 1 is 1.28 bits per heavy atom. The molecule has 36 heavy (non-hydrogen) atoms. The fourth-order valence-electron chi connectivity index (χ4n) is 6.15. The number of fused-ring (bicyclic) bond motifs is 5. The van der Waals surface area contributed by atoms with E-state index in [1.807, 2.05) is 36.6 Å². The van der Waals surface area contributed by atoms with Crippen LogP contribution in [0.15, 0.2) is 29.8 Å². The smallest absolute Gasteiger partial charge is 0.279 e. The topological polar surface area (TPSA) is 115 Å². The van der Waals surface area contributed by atoms with E-state index in [2.05, 4.69) is 0 Å². The summed E-state index contributed by atoms with van der Waals surface area (Å²) in [6, 6.07) is 3.92. The number of amides is 2. The summed E-state index contributed by atoms with van der Waals surface area (Å²) in [4.78, 5) is 30.2. The summed E-state index contributed by atoms with van der Waals surface area (Å²) in [5.74, 6) is -0.444. The van der Waals surface area contributed by atoms with Crippen molar-refractivity contribution in [1.82, 2.24) is 14.4 Å². The summed E-state index contributed by atoms with van der Waals surface area (Å²) in [6.45, 7) is 8.06. The summed E-state index contributed by atoms with van der Waals surface area (Å²) in [7, 11) is 1.57. The van der Waals surface area contributed by atoms with Gasteiger partial charge in [0, 0.05) is 42.2 Å². The molecule has 4 atom stereocenters. The maximum absolute atomic E-state index is 13.9. The number of hydrogen-bond acceptors (Lipinski definition) is 6. The minimum atomic E-state index is -2.46. The minimum absolute atomic E-state index is 0.0725. The molecule has 0 spiro atoms. The highest BCUT2D eigenvalue weighted by Gasteiger charge is 2.66. The monoisotopic (exact) mass is 497 g/mol. The number of methoxy groups -OCH3 is 1. The van der Waals surface area contributed by atoms with Crippen molar-refractivity contribution in [2.45, 2.75) is 83.0 Å².